The number of aromatic amines is 2. The van der Waals surface area contributed by atoms with Crippen molar-refractivity contribution in [1.29, 1.82) is 0 Å². The second-order valence-electron chi connectivity index (χ2n) is 19.8. The molecule has 5 atom stereocenters. The van der Waals surface area contributed by atoms with Crippen molar-refractivity contribution in [3.05, 3.63) is 130 Å². The molecule has 6 aromatic rings. The topological polar surface area (TPSA) is 175 Å². The minimum Gasteiger partial charge on any atom is -0.453 e. The molecular weight excluding hydrogens is 869 g/mol. The van der Waals surface area contributed by atoms with Gasteiger partial charge in [0.05, 0.1) is 36.3 Å². The number of imidazole rings is 2. The molecule has 4 N–H and O–H groups in total. The van der Waals surface area contributed by atoms with Gasteiger partial charge in [-0.3, -0.25) is 9.59 Å². The molecule has 358 valence electrons. The van der Waals surface area contributed by atoms with Crippen LogP contribution in [0.2, 0.25) is 0 Å². The molecule has 0 saturated carbocycles. The smallest absolute Gasteiger partial charge is 0.407 e. The molecule has 0 unspecified atom stereocenters. The maximum atomic E-state index is 13.9. The highest BCUT2D eigenvalue weighted by Crippen LogP contribution is 2.38. The van der Waals surface area contributed by atoms with Crippen LogP contribution in [0.1, 0.15) is 100 Å². The molecule has 2 aliphatic heterocycles. The number of aromatic nitrogens is 4. The molecule has 2 aromatic heterocycles. The van der Waals surface area contributed by atoms with Gasteiger partial charge in [-0.15, -0.1) is 0 Å². The van der Waals surface area contributed by atoms with E-state index in [-0.39, 0.29) is 29.6 Å². The van der Waals surface area contributed by atoms with Crippen molar-refractivity contribution in [1.82, 2.24) is 40.4 Å². The van der Waals surface area contributed by atoms with E-state index in [0.29, 0.717) is 24.7 Å². The average molecular weight is 931 g/mol. The maximum Gasteiger partial charge on any atom is 0.407 e. The lowest BCUT2D eigenvalue weighted by Gasteiger charge is -2.30. The lowest BCUT2D eigenvalue weighted by atomic mass is 9.84. The SMILES string of the molecule is COC(=O)N[C@H](C(=O)N1CC(C)=C[C@H]1c1nc2cc(-c3cc4ccc3CCc3ccc(c(-c5ccc6[nH]c([C@@H]7C=C(C)CN7C(=O)[C@@H](NC(=O)OC)C(C)C)nc6c5)c3)C[C@H]4C)ccc2[nH]1)C(C)C. The van der Waals surface area contributed by atoms with E-state index < -0.39 is 36.4 Å². The van der Waals surface area contributed by atoms with Crippen LogP contribution in [0.15, 0.2) is 96.1 Å². The van der Waals surface area contributed by atoms with Crippen LogP contribution in [0.4, 0.5) is 9.59 Å². The first kappa shape index (κ1) is 46.9. The number of H-pyrrole nitrogens is 2. The highest BCUT2D eigenvalue weighted by molar-refractivity contribution is 5.89. The van der Waals surface area contributed by atoms with Gasteiger partial charge in [-0.05, 0) is 120 Å². The van der Waals surface area contributed by atoms with Crippen LogP contribution in [0.25, 0.3) is 44.3 Å². The van der Waals surface area contributed by atoms with Crippen LogP contribution in [0.3, 0.4) is 0 Å². The Balaban J connectivity index is 0.972. The summed E-state index contributed by atoms with van der Waals surface area (Å²) in [7, 11) is 2.59. The van der Waals surface area contributed by atoms with Gasteiger partial charge in [0.1, 0.15) is 35.8 Å². The summed E-state index contributed by atoms with van der Waals surface area (Å²) in [5.74, 6) is 0.898. The van der Waals surface area contributed by atoms with Crippen molar-refractivity contribution in [2.45, 2.75) is 97.8 Å². The molecule has 69 heavy (non-hydrogen) atoms. The molecule has 0 fully saturated rings. The van der Waals surface area contributed by atoms with Crippen LogP contribution in [-0.4, -0.2) is 93.1 Å². The van der Waals surface area contributed by atoms with Gasteiger partial charge >= 0.3 is 12.2 Å². The molecule has 0 radical (unpaired) electrons. The average Bonchev–Trinajstić information content (AvgIpc) is 4.14. The van der Waals surface area contributed by atoms with E-state index in [1.54, 1.807) is 9.80 Å². The first-order chi connectivity index (χ1) is 33.1. The van der Waals surface area contributed by atoms with Crippen LogP contribution >= 0.6 is 0 Å². The molecule has 0 saturated heterocycles. The van der Waals surface area contributed by atoms with Crippen molar-refractivity contribution >= 4 is 46.1 Å². The lowest BCUT2D eigenvalue weighted by Crippen LogP contribution is -2.51. The first-order valence-corrected chi connectivity index (χ1v) is 24.0. The van der Waals surface area contributed by atoms with Gasteiger partial charge in [0, 0.05) is 13.1 Å². The van der Waals surface area contributed by atoms with Gasteiger partial charge in [0.2, 0.25) is 11.8 Å². The number of hydrogen-bond donors (Lipinski definition) is 4. The third kappa shape index (κ3) is 9.36. The Morgan fingerprint density at radius 2 is 1.13 bits per heavy atom. The summed E-state index contributed by atoms with van der Waals surface area (Å²) < 4.78 is 9.67. The summed E-state index contributed by atoms with van der Waals surface area (Å²) >= 11 is 0. The Morgan fingerprint density at radius 3 is 1.62 bits per heavy atom. The molecule has 4 aromatic carbocycles. The number of nitrogens with zero attached hydrogens (tertiary/aromatic N) is 4. The summed E-state index contributed by atoms with van der Waals surface area (Å²) in [6.45, 7) is 14.8. The molecule has 14 nitrogen and oxygen atoms in total. The summed E-state index contributed by atoms with van der Waals surface area (Å²) in [6, 6.07) is 24.3. The van der Waals surface area contributed by atoms with E-state index in [4.69, 9.17) is 19.4 Å². The third-order valence-electron chi connectivity index (χ3n) is 14.0. The van der Waals surface area contributed by atoms with Crippen molar-refractivity contribution in [3.8, 4) is 22.3 Å². The van der Waals surface area contributed by atoms with Gasteiger partial charge in [-0.2, -0.15) is 0 Å². The molecule has 0 spiro atoms. The van der Waals surface area contributed by atoms with Crippen LogP contribution in [0, 0.1) is 11.8 Å². The van der Waals surface area contributed by atoms with E-state index in [2.05, 4.69) is 112 Å². The summed E-state index contributed by atoms with van der Waals surface area (Å²) in [5.41, 5.74) is 15.1. The Hall–Kier alpha value is -7.22. The molecular formula is C55H62N8O6. The molecule has 4 heterocycles. The highest BCUT2D eigenvalue weighted by atomic mass is 16.5. The summed E-state index contributed by atoms with van der Waals surface area (Å²) in [6.07, 6.45) is 5.36. The number of alkyl carbamates (subject to hydrolysis) is 2. The molecule has 6 aliphatic rings. The molecule has 14 heteroatoms. The number of ether oxygens (including phenoxy) is 2. The van der Waals surface area contributed by atoms with Crippen molar-refractivity contribution in [3.63, 3.8) is 0 Å². The quantitative estimate of drug-likeness (QED) is 0.0983. The van der Waals surface area contributed by atoms with Crippen molar-refractivity contribution in [2.75, 3.05) is 27.3 Å². The number of carbonyl (C=O) groups excluding carboxylic acids is 4. The fourth-order valence-electron chi connectivity index (χ4n) is 10.2. The zero-order valence-corrected chi connectivity index (χ0v) is 40.9. The van der Waals surface area contributed by atoms with Gasteiger partial charge in [0.15, 0.2) is 0 Å². The summed E-state index contributed by atoms with van der Waals surface area (Å²) in [5, 5.41) is 5.46. The molecule has 4 amide bonds. The zero-order valence-electron chi connectivity index (χ0n) is 40.9. The normalized spacial score (nSPS) is 18.9. The number of hydrogen-bond acceptors (Lipinski definition) is 8. The minimum atomic E-state index is -0.742. The Kier molecular flexibility index (Phi) is 12.9. The zero-order chi connectivity index (χ0) is 48.8. The van der Waals surface area contributed by atoms with Gasteiger partial charge < -0.3 is 39.9 Å². The molecule has 4 bridgehead atoms. The van der Waals surface area contributed by atoms with Gasteiger partial charge in [-0.1, -0.05) is 106 Å². The third-order valence-corrected chi connectivity index (χ3v) is 14.0. The fourth-order valence-corrected chi connectivity index (χ4v) is 10.2. The lowest BCUT2D eigenvalue weighted by molar-refractivity contribution is -0.135. The number of methoxy groups -OCH3 is 2. The first-order valence-electron chi connectivity index (χ1n) is 24.0. The summed E-state index contributed by atoms with van der Waals surface area (Å²) in [4.78, 5) is 73.0. The number of aryl methyl sites for hydroxylation is 2. The Morgan fingerprint density at radius 1 is 0.638 bits per heavy atom. The van der Waals surface area contributed by atoms with E-state index in [1.165, 1.54) is 47.6 Å². The van der Waals surface area contributed by atoms with E-state index >= 15 is 0 Å². The standard InChI is InChI=1S/C55H62N8O6/c1-29(2)48(60-54(66)68-8)52(64)62-27-31(5)20-46(62)50-56-42-18-16-38(25-44(42)58-50)40-23-34-10-12-35-14-15-36(33(7)22-37(40)13-11-34)24-41(35)39-17-19-43-45(26-39)59-51(57-43)47-21-32(6)28-63(47)53(65)49(30(3)4)61-55(67)69-9/h11,13-21,23-26,29-30,33,46-49H,10,12,22,27-28H2,1-9H3,(H,56,58)(H,57,59)(H,60,66)(H,61,67)/t33-,46+,47+,48+,49+/m1/s1. The number of carbonyl (C=O) groups is 4. The molecule has 12 rings (SSSR count). The van der Waals surface area contributed by atoms with Gasteiger partial charge in [-0.25, -0.2) is 19.6 Å². The van der Waals surface area contributed by atoms with Crippen molar-refractivity contribution < 1.29 is 28.7 Å². The number of rotatable bonds is 10. The fraction of sp³-hybridized carbons (Fsp3) is 0.382. The van der Waals surface area contributed by atoms with Crippen LogP contribution in [0.5, 0.6) is 0 Å². The Labute approximate surface area is 403 Å². The monoisotopic (exact) mass is 930 g/mol. The highest BCUT2D eigenvalue weighted by Gasteiger charge is 2.38. The number of amides is 4. The van der Waals surface area contributed by atoms with Gasteiger partial charge in [0.25, 0.3) is 0 Å². The second-order valence-corrected chi connectivity index (χ2v) is 19.8. The predicted molar refractivity (Wildman–Crippen MR) is 267 cm³/mol. The molecule has 4 aliphatic carbocycles. The van der Waals surface area contributed by atoms with Crippen LogP contribution < -0.4 is 10.6 Å². The predicted octanol–water partition coefficient (Wildman–Crippen LogP) is 9.64. The van der Waals surface area contributed by atoms with Crippen LogP contribution in [-0.2, 0) is 38.3 Å². The van der Waals surface area contributed by atoms with E-state index in [1.807, 2.05) is 41.5 Å². The Bertz CT molecular complexity index is 3050. The maximum absolute atomic E-state index is 13.9. The van der Waals surface area contributed by atoms with E-state index in [0.717, 1.165) is 63.6 Å². The number of fused-ring (bicyclic) bond motifs is 2. The van der Waals surface area contributed by atoms with E-state index in [9.17, 15) is 19.2 Å². The minimum absolute atomic E-state index is 0.145. The number of benzene rings is 4. The van der Waals surface area contributed by atoms with Crippen molar-refractivity contribution in [2.24, 2.45) is 11.8 Å². The second kappa shape index (κ2) is 19.0. The number of nitrogens with one attached hydrogen (secondary N) is 4. The largest absolute Gasteiger partial charge is 0.453 e.